The number of fused-ring (bicyclic) bond motifs is 2. The summed E-state index contributed by atoms with van der Waals surface area (Å²) in [5, 5.41) is 4.04. The van der Waals surface area contributed by atoms with Gasteiger partial charge in [0.2, 0.25) is 0 Å². The number of rotatable bonds is 3. The monoisotopic (exact) mass is 301 g/mol. The van der Waals surface area contributed by atoms with Gasteiger partial charge < -0.3 is 19.2 Å². The highest BCUT2D eigenvalue weighted by molar-refractivity contribution is 5.99. The first-order valence-corrected chi connectivity index (χ1v) is 7.67. The van der Waals surface area contributed by atoms with Gasteiger partial charge >= 0.3 is 0 Å². The van der Waals surface area contributed by atoms with Gasteiger partial charge in [0.1, 0.15) is 11.3 Å². The summed E-state index contributed by atoms with van der Waals surface area (Å²) in [6.45, 7) is 2.72. The number of aryl methyl sites for hydroxylation is 1. The van der Waals surface area contributed by atoms with Gasteiger partial charge in [0.05, 0.1) is 13.2 Å². The molecular weight excluding hydrogens is 282 g/mol. The van der Waals surface area contributed by atoms with E-state index in [1.807, 2.05) is 25.1 Å². The molecule has 5 heteroatoms. The van der Waals surface area contributed by atoms with E-state index < -0.39 is 0 Å². The molecular formula is C17H19NO4. The van der Waals surface area contributed by atoms with Crippen LogP contribution in [-0.2, 0) is 4.74 Å². The Morgan fingerprint density at radius 2 is 2.27 bits per heavy atom. The fourth-order valence-electron chi connectivity index (χ4n) is 3.55. The van der Waals surface area contributed by atoms with E-state index in [9.17, 15) is 4.79 Å². The van der Waals surface area contributed by atoms with E-state index in [2.05, 4.69) is 5.32 Å². The van der Waals surface area contributed by atoms with Crippen LogP contribution in [0.5, 0.6) is 5.75 Å². The number of hydrogen-bond acceptors (Lipinski definition) is 4. The summed E-state index contributed by atoms with van der Waals surface area (Å²) >= 11 is 0. The van der Waals surface area contributed by atoms with Crippen molar-refractivity contribution in [2.24, 2.45) is 5.92 Å². The van der Waals surface area contributed by atoms with Gasteiger partial charge in [0.15, 0.2) is 5.76 Å². The molecule has 2 aliphatic rings. The van der Waals surface area contributed by atoms with Crippen molar-refractivity contribution in [1.29, 1.82) is 0 Å². The lowest BCUT2D eigenvalue weighted by molar-refractivity contribution is 0.00774. The third kappa shape index (κ3) is 2.00. The zero-order valence-corrected chi connectivity index (χ0v) is 12.7. The summed E-state index contributed by atoms with van der Waals surface area (Å²) in [5.74, 6) is 1.44. The molecule has 0 spiro atoms. The lowest BCUT2D eigenvalue weighted by atomic mass is 9.76. The van der Waals surface area contributed by atoms with E-state index in [0.29, 0.717) is 23.4 Å². The summed E-state index contributed by atoms with van der Waals surface area (Å²) in [7, 11) is 1.61. The van der Waals surface area contributed by atoms with Crippen LogP contribution < -0.4 is 10.1 Å². The number of benzene rings is 1. The maximum absolute atomic E-state index is 12.5. The highest BCUT2D eigenvalue weighted by atomic mass is 16.5. The lowest BCUT2D eigenvalue weighted by Gasteiger charge is -2.39. The number of methoxy groups -OCH3 is 1. The highest BCUT2D eigenvalue weighted by Crippen LogP contribution is 2.39. The Labute approximate surface area is 128 Å². The summed E-state index contributed by atoms with van der Waals surface area (Å²) < 4.78 is 16.5. The van der Waals surface area contributed by atoms with Gasteiger partial charge in [-0.1, -0.05) is 0 Å². The molecule has 2 aromatic rings. The van der Waals surface area contributed by atoms with Crippen molar-refractivity contribution in [3.05, 3.63) is 29.5 Å². The normalized spacial score (nSPS) is 26.5. The lowest BCUT2D eigenvalue weighted by Crippen LogP contribution is -2.53. The minimum Gasteiger partial charge on any atom is -0.497 e. The van der Waals surface area contributed by atoms with Gasteiger partial charge in [-0.15, -0.1) is 0 Å². The van der Waals surface area contributed by atoms with Crippen LogP contribution in [0.3, 0.4) is 0 Å². The second-order valence-corrected chi connectivity index (χ2v) is 6.10. The Balaban J connectivity index is 1.57. The second-order valence-electron chi connectivity index (χ2n) is 6.10. The molecule has 2 heterocycles. The number of carbonyl (C=O) groups is 1. The van der Waals surface area contributed by atoms with Crippen molar-refractivity contribution >= 4 is 16.9 Å². The summed E-state index contributed by atoms with van der Waals surface area (Å²) in [6.07, 6.45) is 2.28. The van der Waals surface area contributed by atoms with Crippen molar-refractivity contribution in [2.75, 3.05) is 13.7 Å². The number of ether oxygens (including phenoxy) is 2. The molecule has 1 amide bonds. The summed E-state index contributed by atoms with van der Waals surface area (Å²) in [4.78, 5) is 12.5. The molecule has 2 fully saturated rings. The van der Waals surface area contributed by atoms with E-state index in [-0.39, 0.29) is 11.9 Å². The van der Waals surface area contributed by atoms with Crippen molar-refractivity contribution in [3.63, 3.8) is 0 Å². The van der Waals surface area contributed by atoms with Crippen molar-refractivity contribution < 1.29 is 18.7 Å². The molecule has 5 nitrogen and oxygen atoms in total. The molecule has 0 bridgehead atoms. The fraction of sp³-hybridized carbons (Fsp3) is 0.471. The Morgan fingerprint density at radius 3 is 3.05 bits per heavy atom. The number of furan rings is 1. The predicted octanol–water partition coefficient (Wildman–Crippen LogP) is 2.66. The molecule has 116 valence electrons. The van der Waals surface area contributed by atoms with Crippen molar-refractivity contribution in [3.8, 4) is 5.75 Å². The Kier molecular flexibility index (Phi) is 3.11. The molecule has 1 aromatic carbocycles. The van der Waals surface area contributed by atoms with Crippen molar-refractivity contribution in [1.82, 2.24) is 5.32 Å². The Bertz CT molecular complexity index is 736. The zero-order valence-electron chi connectivity index (χ0n) is 12.7. The van der Waals surface area contributed by atoms with E-state index in [0.717, 1.165) is 36.1 Å². The van der Waals surface area contributed by atoms with Gasteiger partial charge in [-0.3, -0.25) is 4.79 Å². The molecule has 3 atom stereocenters. The molecule has 1 aliphatic carbocycles. The Morgan fingerprint density at radius 1 is 1.41 bits per heavy atom. The number of carbonyl (C=O) groups excluding carboxylic acids is 1. The van der Waals surface area contributed by atoms with Gasteiger partial charge in [-0.2, -0.15) is 0 Å². The second kappa shape index (κ2) is 5.02. The van der Waals surface area contributed by atoms with Crippen LogP contribution in [0.2, 0.25) is 0 Å². The first-order valence-electron chi connectivity index (χ1n) is 7.67. The van der Waals surface area contributed by atoms with Gasteiger partial charge in [0, 0.05) is 35.6 Å². The predicted molar refractivity (Wildman–Crippen MR) is 81.2 cm³/mol. The minimum atomic E-state index is -0.136. The van der Waals surface area contributed by atoms with Crippen LogP contribution in [-0.4, -0.2) is 31.8 Å². The number of amides is 1. The first kappa shape index (κ1) is 13.6. The molecule has 22 heavy (non-hydrogen) atoms. The van der Waals surface area contributed by atoms with Crippen LogP contribution in [0.25, 0.3) is 11.0 Å². The molecule has 0 unspecified atom stereocenters. The molecule has 4 rings (SSSR count). The average Bonchev–Trinajstić information content (AvgIpc) is 3.05. The van der Waals surface area contributed by atoms with Crippen LogP contribution in [0.15, 0.2) is 22.6 Å². The van der Waals surface area contributed by atoms with E-state index in [1.54, 1.807) is 7.11 Å². The third-order valence-electron chi connectivity index (χ3n) is 4.93. The quantitative estimate of drug-likeness (QED) is 0.947. The van der Waals surface area contributed by atoms with E-state index in [4.69, 9.17) is 13.9 Å². The topological polar surface area (TPSA) is 60.7 Å². The minimum absolute atomic E-state index is 0.136. The third-order valence-corrected chi connectivity index (χ3v) is 4.93. The Hall–Kier alpha value is -2.01. The molecule has 1 saturated carbocycles. The van der Waals surface area contributed by atoms with Crippen LogP contribution >= 0.6 is 0 Å². The van der Waals surface area contributed by atoms with Crippen LogP contribution in [0, 0.1) is 12.8 Å². The average molecular weight is 301 g/mol. The summed E-state index contributed by atoms with van der Waals surface area (Å²) in [6, 6.07) is 5.82. The largest absolute Gasteiger partial charge is 0.497 e. The van der Waals surface area contributed by atoms with Gasteiger partial charge in [-0.25, -0.2) is 0 Å². The van der Waals surface area contributed by atoms with Gasteiger partial charge in [-0.05, 0) is 31.9 Å². The maximum Gasteiger partial charge on any atom is 0.287 e. The molecule has 1 aliphatic heterocycles. The maximum atomic E-state index is 12.5. The van der Waals surface area contributed by atoms with Crippen molar-refractivity contribution in [2.45, 2.75) is 31.9 Å². The smallest absolute Gasteiger partial charge is 0.287 e. The summed E-state index contributed by atoms with van der Waals surface area (Å²) in [5.41, 5.74) is 1.55. The highest BCUT2D eigenvalue weighted by Gasteiger charge is 2.46. The molecule has 0 radical (unpaired) electrons. The van der Waals surface area contributed by atoms with E-state index >= 15 is 0 Å². The SMILES string of the molecule is COc1ccc2c(C)c(C(=O)N[C@@H]3C[C@H]4OCC[C@@H]34)oc2c1. The molecule has 1 aromatic heterocycles. The van der Waals surface area contributed by atoms with Crippen LogP contribution in [0.1, 0.15) is 29.0 Å². The molecule has 1 N–H and O–H groups in total. The first-order chi connectivity index (χ1) is 10.7. The van der Waals surface area contributed by atoms with Crippen LogP contribution in [0.4, 0.5) is 0 Å². The van der Waals surface area contributed by atoms with Gasteiger partial charge in [0.25, 0.3) is 5.91 Å². The zero-order chi connectivity index (χ0) is 15.3. The number of nitrogens with one attached hydrogen (secondary N) is 1. The number of hydrogen-bond donors (Lipinski definition) is 1. The fourth-order valence-corrected chi connectivity index (χ4v) is 3.55. The standard InChI is InChI=1S/C17H19NO4/c1-9-11-4-3-10(20-2)7-15(11)22-16(9)17(19)18-13-8-14-12(13)5-6-21-14/h3-4,7,12-14H,5-6,8H2,1-2H3,(H,18,19)/t12-,13+,14+/m0/s1. The molecule has 1 saturated heterocycles. The van der Waals surface area contributed by atoms with E-state index in [1.165, 1.54) is 0 Å².